The van der Waals surface area contributed by atoms with Crippen molar-refractivity contribution in [2.45, 2.75) is 19.9 Å². The highest BCUT2D eigenvalue weighted by atomic mass is 35.5. The number of hydrogen-bond donors (Lipinski definition) is 0. The summed E-state index contributed by atoms with van der Waals surface area (Å²) in [5.41, 5.74) is 0.533. The number of benzene rings is 2. The Labute approximate surface area is 201 Å². The highest BCUT2D eigenvalue weighted by Gasteiger charge is 2.45. The zero-order valence-electron chi connectivity index (χ0n) is 17.9. The number of esters is 1. The fraction of sp³-hybridized carbons (Fsp3) is 0.167. The average molecular weight is 499 g/mol. The molecule has 1 amide bonds. The normalized spacial score (nSPS) is 15.1. The van der Waals surface area contributed by atoms with Crippen LogP contribution in [0.2, 0.25) is 5.02 Å². The van der Waals surface area contributed by atoms with E-state index in [0.29, 0.717) is 16.3 Å². The van der Waals surface area contributed by atoms with Gasteiger partial charge in [0.15, 0.2) is 10.6 Å². The van der Waals surface area contributed by atoms with Crippen LogP contribution in [0.1, 0.15) is 50.0 Å². The van der Waals surface area contributed by atoms with Gasteiger partial charge in [0.05, 0.1) is 29.3 Å². The zero-order chi connectivity index (χ0) is 24.1. The first-order valence-electron chi connectivity index (χ1n) is 10.3. The Morgan fingerprint density at radius 3 is 2.79 bits per heavy atom. The highest BCUT2D eigenvalue weighted by Crippen LogP contribution is 2.43. The van der Waals surface area contributed by atoms with Crippen LogP contribution in [0.3, 0.4) is 0 Å². The lowest BCUT2D eigenvalue weighted by atomic mass is 9.99. The molecule has 0 fully saturated rings. The fourth-order valence-corrected chi connectivity index (χ4v) is 5.19. The number of fused-ring (bicyclic) bond motifs is 2. The van der Waals surface area contributed by atoms with Crippen LogP contribution in [0.5, 0.6) is 0 Å². The zero-order valence-corrected chi connectivity index (χ0v) is 19.5. The van der Waals surface area contributed by atoms with Crippen molar-refractivity contribution in [2.24, 2.45) is 0 Å². The molecule has 1 unspecified atom stereocenters. The van der Waals surface area contributed by atoms with Gasteiger partial charge in [-0.15, -0.1) is 0 Å². The summed E-state index contributed by atoms with van der Waals surface area (Å²) in [6.45, 7) is 3.51. The van der Waals surface area contributed by atoms with Crippen molar-refractivity contribution in [1.82, 2.24) is 4.98 Å². The van der Waals surface area contributed by atoms with Crippen molar-refractivity contribution in [2.75, 3.05) is 11.5 Å². The van der Waals surface area contributed by atoms with Crippen molar-refractivity contribution >= 4 is 50.9 Å². The Kier molecular flexibility index (Phi) is 5.45. The highest BCUT2D eigenvalue weighted by molar-refractivity contribution is 7.17. The van der Waals surface area contributed by atoms with Gasteiger partial charge in [0.1, 0.15) is 16.3 Å². The molecule has 1 aliphatic rings. The molecule has 2 aromatic heterocycles. The van der Waals surface area contributed by atoms with Gasteiger partial charge < -0.3 is 9.15 Å². The maximum atomic E-state index is 13.9. The summed E-state index contributed by atoms with van der Waals surface area (Å²) in [5, 5.41) is 0.608. The minimum atomic E-state index is -0.939. The van der Waals surface area contributed by atoms with Crippen LogP contribution in [-0.4, -0.2) is 23.5 Å². The third-order valence-corrected chi connectivity index (χ3v) is 6.82. The second-order valence-corrected chi connectivity index (χ2v) is 8.99. The average Bonchev–Trinajstić information content (AvgIpc) is 3.32. The molecule has 34 heavy (non-hydrogen) atoms. The van der Waals surface area contributed by atoms with Gasteiger partial charge in [-0.25, -0.2) is 14.2 Å². The van der Waals surface area contributed by atoms with Gasteiger partial charge >= 0.3 is 5.97 Å². The molecule has 3 heterocycles. The number of carbonyl (C=O) groups is 2. The van der Waals surface area contributed by atoms with E-state index >= 15 is 0 Å². The van der Waals surface area contributed by atoms with E-state index in [1.54, 1.807) is 38.1 Å². The van der Waals surface area contributed by atoms with E-state index in [2.05, 4.69) is 4.98 Å². The SMILES string of the molecule is CCOC(=O)c1sc(N2C(=O)c3oc4ccc(F)cc4c(=O)c3C2c2cccc(Cl)c2)nc1C. The van der Waals surface area contributed by atoms with Gasteiger partial charge in [-0.05, 0) is 49.7 Å². The Morgan fingerprint density at radius 1 is 1.26 bits per heavy atom. The monoisotopic (exact) mass is 498 g/mol. The van der Waals surface area contributed by atoms with E-state index in [9.17, 15) is 18.8 Å². The summed E-state index contributed by atoms with van der Waals surface area (Å²) in [4.78, 5) is 45.4. The van der Waals surface area contributed by atoms with Crippen LogP contribution in [0, 0.1) is 12.7 Å². The molecule has 7 nitrogen and oxygen atoms in total. The molecule has 172 valence electrons. The summed E-state index contributed by atoms with van der Waals surface area (Å²) in [6, 6.07) is 9.30. The molecule has 0 saturated carbocycles. The molecular weight excluding hydrogens is 483 g/mol. The summed E-state index contributed by atoms with van der Waals surface area (Å²) < 4.78 is 24.8. The standard InChI is InChI=1S/C24H16ClFN2O5S/c1-3-32-23(31)21-11(2)27-24(34-21)28-18(12-5-4-6-13(25)9-12)17-19(29)15-10-14(26)7-8-16(15)33-20(17)22(28)30/h4-10,18H,3H2,1-2H3. The predicted octanol–water partition coefficient (Wildman–Crippen LogP) is 5.28. The number of halogens is 2. The van der Waals surface area contributed by atoms with E-state index in [4.69, 9.17) is 20.8 Å². The summed E-state index contributed by atoms with van der Waals surface area (Å²) in [7, 11) is 0. The Bertz CT molecular complexity index is 1550. The van der Waals surface area contributed by atoms with Crippen LogP contribution in [0.25, 0.3) is 11.0 Å². The molecule has 0 aliphatic carbocycles. The molecule has 0 N–H and O–H groups in total. The number of amides is 1. The molecule has 0 radical (unpaired) electrons. The van der Waals surface area contributed by atoms with Crippen LogP contribution < -0.4 is 10.3 Å². The first kappa shape index (κ1) is 22.2. The maximum Gasteiger partial charge on any atom is 0.350 e. The van der Waals surface area contributed by atoms with E-state index in [1.807, 2.05) is 0 Å². The number of aryl methyl sites for hydroxylation is 1. The number of nitrogens with zero attached hydrogens (tertiary/aromatic N) is 2. The lowest BCUT2D eigenvalue weighted by Crippen LogP contribution is -2.29. The van der Waals surface area contributed by atoms with Crippen LogP contribution in [-0.2, 0) is 4.74 Å². The summed E-state index contributed by atoms with van der Waals surface area (Å²) >= 11 is 7.19. The van der Waals surface area contributed by atoms with Crippen molar-refractivity contribution in [3.8, 4) is 0 Å². The van der Waals surface area contributed by atoms with Crippen molar-refractivity contribution < 1.29 is 23.1 Å². The molecule has 0 saturated heterocycles. The molecule has 2 aromatic carbocycles. The van der Waals surface area contributed by atoms with E-state index in [0.717, 1.165) is 23.5 Å². The van der Waals surface area contributed by atoms with E-state index in [-0.39, 0.29) is 38.9 Å². The maximum absolute atomic E-state index is 13.9. The molecule has 0 bridgehead atoms. The Hall–Kier alpha value is -3.56. The number of carbonyl (C=O) groups excluding carboxylic acids is 2. The van der Waals surface area contributed by atoms with Crippen molar-refractivity contribution in [3.05, 3.63) is 91.0 Å². The van der Waals surface area contributed by atoms with Crippen molar-refractivity contribution in [1.29, 1.82) is 0 Å². The van der Waals surface area contributed by atoms with Gasteiger partial charge in [0, 0.05) is 5.02 Å². The lowest BCUT2D eigenvalue weighted by molar-refractivity contribution is 0.0531. The smallest absolute Gasteiger partial charge is 0.350 e. The number of hydrogen-bond acceptors (Lipinski definition) is 7. The molecule has 1 atom stereocenters. The van der Waals surface area contributed by atoms with Gasteiger partial charge in [0.2, 0.25) is 5.76 Å². The van der Waals surface area contributed by atoms with E-state index in [1.165, 1.54) is 11.0 Å². The first-order chi connectivity index (χ1) is 16.3. The van der Waals surface area contributed by atoms with Crippen LogP contribution in [0.15, 0.2) is 51.7 Å². The third kappa shape index (κ3) is 3.48. The van der Waals surface area contributed by atoms with Gasteiger partial charge in [0.25, 0.3) is 5.91 Å². The minimum Gasteiger partial charge on any atom is -0.462 e. The summed E-state index contributed by atoms with van der Waals surface area (Å²) in [6.07, 6.45) is 0. The van der Waals surface area contributed by atoms with Crippen LogP contribution in [0.4, 0.5) is 9.52 Å². The molecule has 1 aliphatic heterocycles. The van der Waals surface area contributed by atoms with Gasteiger partial charge in [-0.3, -0.25) is 14.5 Å². The van der Waals surface area contributed by atoms with Crippen molar-refractivity contribution in [3.63, 3.8) is 0 Å². The topological polar surface area (TPSA) is 89.7 Å². The fourth-order valence-electron chi connectivity index (χ4n) is 4.01. The quantitative estimate of drug-likeness (QED) is 0.356. The van der Waals surface area contributed by atoms with E-state index < -0.39 is 29.2 Å². The van der Waals surface area contributed by atoms with Gasteiger partial charge in [-0.2, -0.15) is 0 Å². The molecule has 10 heteroatoms. The lowest BCUT2D eigenvalue weighted by Gasteiger charge is -2.22. The molecule has 0 spiro atoms. The Balaban J connectivity index is 1.76. The Morgan fingerprint density at radius 2 is 2.06 bits per heavy atom. The number of rotatable bonds is 4. The molecule has 4 aromatic rings. The number of aromatic nitrogens is 1. The minimum absolute atomic E-state index is 0.0166. The number of ether oxygens (including phenoxy) is 1. The number of thiazole rings is 1. The predicted molar refractivity (Wildman–Crippen MR) is 125 cm³/mol. The number of anilines is 1. The summed E-state index contributed by atoms with van der Waals surface area (Å²) in [5.74, 6) is -1.93. The third-order valence-electron chi connectivity index (χ3n) is 5.45. The first-order valence-corrected chi connectivity index (χ1v) is 11.5. The second kappa shape index (κ2) is 8.34. The second-order valence-electron chi connectivity index (χ2n) is 7.58. The molecule has 5 rings (SSSR count). The largest absolute Gasteiger partial charge is 0.462 e. The van der Waals surface area contributed by atoms with Crippen LogP contribution >= 0.6 is 22.9 Å². The van der Waals surface area contributed by atoms with Gasteiger partial charge in [-0.1, -0.05) is 35.1 Å². The molecular formula is C24H16ClFN2O5S.